The second-order valence-corrected chi connectivity index (χ2v) is 8.38. The Hall–Kier alpha value is -3.27. The fourth-order valence-electron chi connectivity index (χ4n) is 4.70. The Bertz CT molecular complexity index is 1130. The van der Waals surface area contributed by atoms with Gasteiger partial charge in [0.15, 0.2) is 0 Å². The van der Waals surface area contributed by atoms with E-state index in [2.05, 4.69) is 11.4 Å². The van der Waals surface area contributed by atoms with Crippen LogP contribution >= 0.6 is 0 Å². The molecule has 0 aromatic heterocycles. The highest BCUT2D eigenvalue weighted by Crippen LogP contribution is 2.47. The van der Waals surface area contributed by atoms with Crippen LogP contribution in [0.5, 0.6) is 5.75 Å². The molecule has 1 aliphatic carbocycles. The van der Waals surface area contributed by atoms with Gasteiger partial charge in [0.1, 0.15) is 17.4 Å². The highest BCUT2D eigenvalue weighted by Gasteiger charge is 2.45. The molecule has 0 saturated carbocycles. The standard InChI is InChI=1S/C25H23F3N2O2/c1-16-5-2-3-6-19(16)20-14-24(30-23(31)21(20)15-29)11-9-17-13-18(7-8-22(17)24)32-12-4-10-25(26,27)28/h2-3,5-8,13H,4,9-12,14H2,1H3,(H,30,31). The van der Waals surface area contributed by atoms with Crippen molar-refractivity contribution in [2.75, 3.05) is 6.61 Å². The summed E-state index contributed by atoms with van der Waals surface area (Å²) in [6.45, 7) is 1.95. The van der Waals surface area contributed by atoms with E-state index in [1.165, 1.54) is 0 Å². The first-order chi connectivity index (χ1) is 15.2. The topological polar surface area (TPSA) is 62.1 Å². The summed E-state index contributed by atoms with van der Waals surface area (Å²) in [5, 5.41) is 12.7. The summed E-state index contributed by atoms with van der Waals surface area (Å²) in [5.74, 6) is 0.148. The summed E-state index contributed by atoms with van der Waals surface area (Å²) in [4.78, 5) is 12.9. The molecule has 0 saturated heterocycles. The van der Waals surface area contributed by atoms with Gasteiger partial charge < -0.3 is 10.1 Å². The van der Waals surface area contributed by atoms with E-state index in [-0.39, 0.29) is 24.5 Å². The monoisotopic (exact) mass is 440 g/mol. The van der Waals surface area contributed by atoms with Crippen molar-refractivity contribution in [2.24, 2.45) is 0 Å². The number of hydrogen-bond acceptors (Lipinski definition) is 3. The van der Waals surface area contributed by atoms with Gasteiger partial charge in [-0.15, -0.1) is 0 Å². The number of nitrogens with zero attached hydrogens (tertiary/aromatic N) is 1. The van der Waals surface area contributed by atoms with Gasteiger partial charge in [-0.3, -0.25) is 4.79 Å². The van der Waals surface area contributed by atoms with Gasteiger partial charge in [0, 0.05) is 12.8 Å². The zero-order chi connectivity index (χ0) is 22.9. The van der Waals surface area contributed by atoms with Crippen molar-refractivity contribution in [3.8, 4) is 11.8 Å². The molecule has 2 aromatic rings. The number of benzene rings is 2. The van der Waals surface area contributed by atoms with E-state index in [9.17, 15) is 23.2 Å². The summed E-state index contributed by atoms with van der Waals surface area (Å²) in [6, 6.07) is 15.3. The molecule has 0 fully saturated rings. The minimum atomic E-state index is -4.18. The molecule has 166 valence electrons. The highest BCUT2D eigenvalue weighted by atomic mass is 19.4. The lowest BCUT2D eigenvalue weighted by Crippen LogP contribution is -2.48. The molecule has 0 radical (unpaired) electrons. The number of hydrogen-bond donors (Lipinski definition) is 1. The second-order valence-electron chi connectivity index (χ2n) is 8.38. The molecule has 32 heavy (non-hydrogen) atoms. The highest BCUT2D eigenvalue weighted by molar-refractivity contribution is 6.07. The van der Waals surface area contributed by atoms with Crippen molar-refractivity contribution in [1.82, 2.24) is 5.32 Å². The molecule has 4 rings (SSSR count). The Morgan fingerprint density at radius 3 is 2.72 bits per heavy atom. The van der Waals surface area contributed by atoms with E-state index < -0.39 is 18.1 Å². The molecule has 1 atom stereocenters. The Morgan fingerprint density at radius 1 is 1.22 bits per heavy atom. The van der Waals surface area contributed by atoms with Crippen molar-refractivity contribution in [1.29, 1.82) is 5.26 Å². The fourth-order valence-corrected chi connectivity index (χ4v) is 4.70. The van der Waals surface area contributed by atoms with E-state index >= 15 is 0 Å². The molecular formula is C25H23F3N2O2. The Morgan fingerprint density at radius 2 is 2.00 bits per heavy atom. The van der Waals surface area contributed by atoms with Crippen LogP contribution in [-0.4, -0.2) is 18.7 Å². The predicted octanol–water partition coefficient (Wildman–Crippen LogP) is 5.36. The van der Waals surface area contributed by atoms with Crippen molar-refractivity contribution in [2.45, 2.75) is 50.7 Å². The fraction of sp³-hybridized carbons (Fsp3) is 0.360. The first kappa shape index (κ1) is 21.9. The normalized spacial score (nSPS) is 20.2. The number of carbonyl (C=O) groups is 1. The van der Waals surface area contributed by atoms with Crippen LogP contribution in [0.25, 0.3) is 5.57 Å². The zero-order valence-electron chi connectivity index (χ0n) is 17.7. The summed E-state index contributed by atoms with van der Waals surface area (Å²) < 4.78 is 42.5. The smallest absolute Gasteiger partial charge is 0.389 e. The van der Waals surface area contributed by atoms with Crippen LogP contribution in [0.1, 0.15) is 47.9 Å². The van der Waals surface area contributed by atoms with E-state index in [0.717, 1.165) is 27.8 Å². The van der Waals surface area contributed by atoms with Gasteiger partial charge in [-0.2, -0.15) is 18.4 Å². The maximum Gasteiger partial charge on any atom is 0.389 e. The van der Waals surface area contributed by atoms with Crippen molar-refractivity contribution in [3.05, 3.63) is 70.3 Å². The van der Waals surface area contributed by atoms with E-state index in [0.29, 0.717) is 25.0 Å². The number of aryl methyl sites for hydroxylation is 2. The number of ether oxygens (including phenoxy) is 1. The Labute approximate surface area is 184 Å². The van der Waals surface area contributed by atoms with Crippen LogP contribution in [0.3, 0.4) is 0 Å². The van der Waals surface area contributed by atoms with E-state index in [1.807, 2.05) is 43.3 Å². The number of halogens is 3. The van der Waals surface area contributed by atoms with Gasteiger partial charge in [0.2, 0.25) is 0 Å². The number of amides is 1. The van der Waals surface area contributed by atoms with Crippen molar-refractivity contribution in [3.63, 3.8) is 0 Å². The maximum absolute atomic E-state index is 12.9. The lowest BCUT2D eigenvalue weighted by molar-refractivity contribution is -0.136. The molecule has 1 aliphatic heterocycles. The lowest BCUT2D eigenvalue weighted by Gasteiger charge is -2.37. The third-order valence-electron chi connectivity index (χ3n) is 6.23. The first-order valence-electron chi connectivity index (χ1n) is 10.6. The minimum Gasteiger partial charge on any atom is -0.494 e. The average molecular weight is 440 g/mol. The number of nitriles is 1. The summed E-state index contributed by atoms with van der Waals surface area (Å²) in [7, 11) is 0. The molecule has 0 bridgehead atoms. The zero-order valence-corrected chi connectivity index (χ0v) is 17.7. The van der Waals surface area contributed by atoms with E-state index in [4.69, 9.17) is 4.74 Å². The van der Waals surface area contributed by atoms with Gasteiger partial charge in [-0.1, -0.05) is 30.3 Å². The van der Waals surface area contributed by atoms with Crippen LogP contribution in [0.2, 0.25) is 0 Å². The van der Waals surface area contributed by atoms with Crippen LogP contribution in [-0.2, 0) is 16.8 Å². The minimum absolute atomic E-state index is 0.00806. The molecule has 4 nitrogen and oxygen atoms in total. The largest absolute Gasteiger partial charge is 0.494 e. The molecular weight excluding hydrogens is 417 g/mol. The van der Waals surface area contributed by atoms with Crippen LogP contribution < -0.4 is 10.1 Å². The number of nitrogens with one attached hydrogen (secondary N) is 1. The third-order valence-corrected chi connectivity index (χ3v) is 6.23. The number of fused-ring (bicyclic) bond motifs is 2. The van der Waals surface area contributed by atoms with Crippen LogP contribution in [0, 0.1) is 18.3 Å². The molecule has 1 N–H and O–H groups in total. The Kier molecular flexibility index (Phi) is 5.72. The molecule has 1 unspecified atom stereocenters. The van der Waals surface area contributed by atoms with Crippen LogP contribution in [0.4, 0.5) is 13.2 Å². The number of rotatable bonds is 5. The molecule has 1 spiro atoms. The predicted molar refractivity (Wildman–Crippen MR) is 114 cm³/mol. The van der Waals surface area contributed by atoms with Crippen molar-refractivity contribution < 1.29 is 22.7 Å². The molecule has 7 heteroatoms. The van der Waals surface area contributed by atoms with Gasteiger partial charge in [-0.25, -0.2) is 0 Å². The van der Waals surface area contributed by atoms with Gasteiger partial charge in [-0.05, 0) is 66.1 Å². The molecule has 1 amide bonds. The number of carbonyl (C=O) groups excluding carboxylic acids is 1. The first-order valence-corrected chi connectivity index (χ1v) is 10.6. The van der Waals surface area contributed by atoms with E-state index in [1.54, 1.807) is 6.07 Å². The quantitative estimate of drug-likeness (QED) is 0.637. The van der Waals surface area contributed by atoms with Gasteiger partial charge >= 0.3 is 6.18 Å². The SMILES string of the molecule is Cc1ccccc1C1=C(C#N)C(=O)NC2(CCc3cc(OCCCC(F)(F)F)ccc32)C1. The molecule has 2 aliphatic rings. The number of alkyl halides is 3. The third kappa shape index (κ3) is 4.22. The van der Waals surface area contributed by atoms with Gasteiger partial charge in [0.25, 0.3) is 5.91 Å². The second kappa shape index (κ2) is 8.34. The molecule has 1 heterocycles. The summed E-state index contributed by atoms with van der Waals surface area (Å²) in [6.07, 6.45) is -3.26. The lowest BCUT2D eigenvalue weighted by atomic mass is 9.77. The summed E-state index contributed by atoms with van der Waals surface area (Å²) >= 11 is 0. The van der Waals surface area contributed by atoms with Gasteiger partial charge in [0.05, 0.1) is 12.1 Å². The Balaban J connectivity index is 1.59. The maximum atomic E-state index is 12.9. The summed E-state index contributed by atoms with van der Waals surface area (Å²) in [5.41, 5.74) is 4.15. The van der Waals surface area contributed by atoms with Crippen LogP contribution in [0.15, 0.2) is 48.0 Å². The van der Waals surface area contributed by atoms with Crippen molar-refractivity contribution >= 4 is 11.5 Å². The molecule has 2 aromatic carbocycles. The average Bonchev–Trinajstić information content (AvgIpc) is 3.07.